The van der Waals surface area contributed by atoms with E-state index in [-0.39, 0.29) is 16.0 Å². The summed E-state index contributed by atoms with van der Waals surface area (Å²) < 4.78 is 10.7. The van der Waals surface area contributed by atoms with E-state index in [0.717, 1.165) is 11.8 Å². The molecule has 0 aliphatic heterocycles. The maximum Gasteiger partial charge on any atom is 0.342 e. The van der Waals surface area contributed by atoms with Gasteiger partial charge in [-0.25, -0.2) is 4.79 Å². The molecule has 0 aliphatic rings. The number of hydrogen-bond acceptors (Lipinski definition) is 6. The molecule has 0 aliphatic carbocycles. The molecule has 132 valence electrons. The fraction of sp³-hybridized carbons (Fsp3) is 0.0556. The molecule has 1 N–H and O–H groups in total. The molecule has 0 atom stereocenters. The lowest BCUT2D eigenvalue weighted by Gasteiger charge is -2.02. The Hall–Kier alpha value is -2.77. The van der Waals surface area contributed by atoms with Crippen LogP contribution in [0, 0.1) is 0 Å². The zero-order valence-corrected chi connectivity index (χ0v) is 15.1. The Morgan fingerprint density at radius 3 is 2.69 bits per heavy atom. The Kier molecular flexibility index (Phi) is 5.60. The van der Waals surface area contributed by atoms with Crippen molar-refractivity contribution in [2.24, 2.45) is 0 Å². The third-order valence-corrected chi connectivity index (χ3v) is 4.40. The fourth-order valence-electron chi connectivity index (χ4n) is 2.07. The first-order valence-electron chi connectivity index (χ1n) is 7.41. The highest BCUT2D eigenvalue weighted by molar-refractivity contribution is 8.03. The van der Waals surface area contributed by atoms with Crippen LogP contribution in [0.5, 0.6) is 5.75 Å². The number of nitrogens with zero attached hydrogens (tertiary/aromatic N) is 2. The van der Waals surface area contributed by atoms with Crippen LogP contribution in [-0.4, -0.2) is 28.4 Å². The van der Waals surface area contributed by atoms with E-state index in [1.807, 2.05) is 0 Å². The number of carbonyl (C=O) groups is 1. The number of methoxy groups -OCH3 is 1. The van der Waals surface area contributed by atoms with Crippen molar-refractivity contribution in [3.63, 3.8) is 0 Å². The van der Waals surface area contributed by atoms with Crippen LogP contribution in [0.15, 0.2) is 63.1 Å². The van der Waals surface area contributed by atoms with E-state index in [2.05, 4.69) is 10.2 Å². The number of hydrogen-bond donors (Lipinski definition) is 1. The minimum Gasteiger partial charge on any atom is -0.497 e. The van der Waals surface area contributed by atoms with E-state index in [1.165, 1.54) is 6.08 Å². The Morgan fingerprint density at radius 1 is 1.23 bits per heavy atom. The highest BCUT2D eigenvalue weighted by atomic mass is 35.5. The van der Waals surface area contributed by atoms with Gasteiger partial charge in [-0.15, -0.1) is 10.2 Å². The van der Waals surface area contributed by atoms with Crippen molar-refractivity contribution in [2.45, 2.75) is 5.22 Å². The van der Waals surface area contributed by atoms with E-state index in [4.69, 9.17) is 20.8 Å². The molecule has 26 heavy (non-hydrogen) atoms. The second-order valence-corrected chi connectivity index (χ2v) is 6.50. The lowest BCUT2D eigenvalue weighted by atomic mass is 10.2. The first-order chi connectivity index (χ1) is 12.5. The lowest BCUT2D eigenvalue weighted by molar-refractivity contribution is -0.131. The quantitative estimate of drug-likeness (QED) is 0.487. The summed E-state index contributed by atoms with van der Waals surface area (Å²) >= 11 is 6.73. The molecule has 3 rings (SSSR count). The molecule has 0 radical (unpaired) electrons. The third-order valence-electron chi connectivity index (χ3n) is 3.30. The lowest BCUT2D eigenvalue weighted by Crippen LogP contribution is -1.97. The van der Waals surface area contributed by atoms with Crippen LogP contribution < -0.4 is 4.74 Å². The van der Waals surface area contributed by atoms with Gasteiger partial charge in [0.2, 0.25) is 5.89 Å². The maximum absolute atomic E-state index is 11.6. The summed E-state index contributed by atoms with van der Waals surface area (Å²) in [4.78, 5) is 11.6. The van der Waals surface area contributed by atoms with Crippen molar-refractivity contribution in [3.8, 4) is 17.2 Å². The normalized spacial score (nSPS) is 11.4. The van der Waals surface area contributed by atoms with E-state index < -0.39 is 5.97 Å². The molecule has 1 aromatic heterocycles. The molecular formula is C18H13ClN2O4S. The standard InChI is InChI=1S/C18H13ClN2O4S/c1-24-14-4-2-3-11(9-14)10-15(17(22)23)26-18-21-20-16(25-18)12-5-7-13(19)8-6-12/h2-10H,1H3,(H,22,23)/b15-10-. The molecule has 1 heterocycles. The molecule has 0 saturated heterocycles. The zero-order valence-electron chi connectivity index (χ0n) is 13.5. The summed E-state index contributed by atoms with van der Waals surface area (Å²) in [5.74, 6) is -0.171. The summed E-state index contributed by atoms with van der Waals surface area (Å²) in [6, 6.07) is 14.0. The number of ether oxygens (including phenoxy) is 1. The van der Waals surface area contributed by atoms with Gasteiger partial charge < -0.3 is 14.3 Å². The minimum absolute atomic E-state index is 0.0459. The fourth-order valence-corrected chi connectivity index (χ4v) is 2.87. The van der Waals surface area contributed by atoms with Gasteiger partial charge in [-0.05, 0) is 59.8 Å². The summed E-state index contributed by atoms with van der Waals surface area (Å²) in [6.07, 6.45) is 1.52. The Bertz CT molecular complexity index is 954. The van der Waals surface area contributed by atoms with Crippen LogP contribution in [0.25, 0.3) is 17.5 Å². The zero-order chi connectivity index (χ0) is 18.5. The first kappa shape index (κ1) is 18.0. The van der Waals surface area contributed by atoms with Crippen LogP contribution in [0.4, 0.5) is 0 Å². The Morgan fingerprint density at radius 2 is 2.00 bits per heavy atom. The van der Waals surface area contributed by atoms with E-state index in [0.29, 0.717) is 21.9 Å². The van der Waals surface area contributed by atoms with E-state index in [9.17, 15) is 9.90 Å². The van der Waals surface area contributed by atoms with Gasteiger partial charge in [0, 0.05) is 10.6 Å². The van der Waals surface area contributed by atoms with Crippen molar-refractivity contribution in [1.29, 1.82) is 0 Å². The molecule has 0 fully saturated rings. The monoisotopic (exact) mass is 388 g/mol. The van der Waals surface area contributed by atoms with Crippen molar-refractivity contribution < 1.29 is 19.1 Å². The number of rotatable bonds is 6. The average Bonchev–Trinajstić information content (AvgIpc) is 3.10. The van der Waals surface area contributed by atoms with Crippen molar-refractivity contribution >= 4 is 35.4 Å². The molecular weight excluding hydrogens is 376 g/mol. The second kappa shape index (κ2) is 8.07. The number of aliphatic carboxylic acids is 1. The molecule has 6 nitrogen and oxygen atoms in total. The number of aromatic nitrogens is 2. The van der Waals surface area contributed by atoms with Gasteiger partial charge in [-0.3, -0.25) is 0 Å². The SMILES string of the molecule is COc1cccc(/C=C(\Sc2nnc(-c3ccc(Cl)cc3)o2)C(=O)O)c1. The highest BCUT2D eigenvalue weighted by Gasteiger charge is 2.16. The Balaban J connectivity index is 1.83. The smallest absolute Gasteiger partial charge is 0.342 e. The van der Waals surface area contributed by atoms with Gasteiger partial charge in [-0.2, -0.15) is 0 Å². The molecule has 0 unspecified atom stereocenters. The van der Waals surface area contributed by atoms with Crippen LogP contribution >= 0.6 is 23.4 Å². The van der Waals surface area contributed by atoms with Crippen LogP contribution in [0.2, 0.25) is 5.02 Å². The number of carboxylic acids is 1. The molecule has 8 heteroatoms. The largest absolute Gasteiger partial charge is 0.497 e. The molecule has 2 aromatic carbocycles. The molecule has 0 spiro atoms. The molecule has 3 aromatic rings. The van der Waals surface area contributed by atoms with Crippen molar-refractivity contribution in [3.05, 3.63) is 64.0 Å². The van der Waals surface area contributed by atoms with Crippen molar-refractivity contribution in [1.82, 2.24) is 10.2 Å². The predicted molar refractivity (Wildman–Crippen MR) is 99.2 cm³/mol. The first-order valence-corrected chi connectivity index (χ1v) is 8.61. The summed E-state index contributed by atoms with van der Waals surface area (Å²) in [5.41, 5.74) is 1.38. The maximum atomic E-state index is 11.6. The third kappa shape index (κ3) is 4.44. The molecule has 0 amide bonds. The molecule has 0 saturated carbocycles. The number of carboxylic acid groups (broad SMARTS) is 1. The van der Waals surface area contributed by atoms with Gasteiger partial charge in [0.25, 0.3) is 5.22 Å². The predicted octanol–water partition coefficient (Wildman–Crippen LogP) is 4.62. The van der Waals surface area contributed by atoms with Gasteiger partial charge in [0.05, 0.1) is 7.11 Å². The average molecular weight is 389 g/mol. The Labute approximate surface area is 158 Å². The minimum atomic E-state index is -1.09. The van der Waals surface area contributed by atoms with Gasteiger partial charge in [-0.1, -0.05) is 23.7 Å². The van der Waals surface area contributed by atoms with Crippen LogP contribution in [-0.2, 0) is 4.79 Å². The van der Waals surface area contributed by atoms with Gasteiger partial charge in [0.1, 0.15) is 10.7 Å². The molecule has 0 bridgehead atoms. The van der Waals surface area contributed by atoms with E-state index in [1.54, 1.807) is 55.6 Å². The summed E-state index contributed by atoms with van der Waals surface area (Å²) in [6.45, 7) is 0. The van der Waals surface area contributed by atoms with Gasteiger partial charge >= 0.3 is 5.97 Å². The second-order valence-electron chi connectivity index (χ2n) is 5.07. The van der Waals surface area contributed by atoms with E-state index >= 15 is 0 Å². The van der Waals surface area contributed by atoms with Crippen LogP contribution in [0.3, 0.4) is 0 Å². The number of halogens is 1. The number of benzene rings is 2. The highest BCUT2D eigenvalue weighted by Crippen LogP contribution is 2.30. The number of thioether (sulfide) groups is 1. The van der Waals surface area contributed by atoms with Gasteiger partial charge in [0.15, 0.2) is 0 Å². The summed E-state index contributed by atoms with van der Waals surface area (Å²) in [7, 11) is 1.55. The van der Waals surface area contributed by atoms with Crippen molar-refractivity contribution in [2.75, 3.05) is 7.11 Å². The topological polar surface area (TPSA) is 85.5 Å². The van der Waals surface area contributed by atoms with Crippen LogP contribution in [0.1, 0.15) is 5.56 Å². The summed E-state index contributed by atoms with van der Waals surface area (Å²) in [5, 5.41) is 18.0.